The van der Waals surface area contributed by atoms with Gasteiger partial charge in [0.1, 0.15) is 5.65 Å². The Morgan fingerprint density at radius 3 is 2.79 bits per heavy atom. The van der Waals surface area contributed by atoms with Gasteiger partial charge in [0, 0.05) is 18.1 Å². The molecule has 2 N–H and O–H groups in total. The Morgan fingerprint density at radius 1 is 1.43 bits per heavy atom. The van der Waals surface area contributed by atoms with E-state index >= 15 is 0 Å². The molecule has 0 radical (unpaired) electrons. The average molecular weight is 211 g/mol. The van der Waals surface area contributed by atoms with Crippen molar-refractivity contribution in [3.63, 3.8) is 0 Å². The fourth-order valence-electron chi connectivity index (χ4n) is 1.25. The number of aryl methyl sites for hydroxylation is 1. The SMILES string of the molecule is Cc1cnc2ccc(S(N)(=O)=O)cn12. The maximum Gasteiger partial charge on any atom is 0.239 e. The molecule has 2 heterocycles. The van der Waals surface area contributed by atoms with Crippen molar-refractivity contribution in [1.29, 1.82) is 0 Å². The molecule has 6 heteroatoms. The molecule has 0 amide bonds. The van der Waals surface area contributed by atoms with Crippen LogP contribution < -0.4 is 5.14 Å². The van der Waals surface area contributed by atoms with Gasteiger partial charge in [0.05, 0.1) is 4.90 Å². The normalized spacial score (nSPS) is 12.1. The second-order valence-electron chi connectivity index (χ2n) is 3.04. The lowest BCUT2D eigenvalue weighted by molar-refractivity contribution is 0.597. The molecule has 2 aromatic rings. The summed E-state index contributed by atoms with van der Waals surface area (Å²) in [5.74, 6) is 0. The first-order valence-corrected chi connectivity index (χ1v) is 5.49. The van der Waals surface area contributed by atoms with Crippen LogP contribution in [0.3, 0.4) is 0 Å². The Kier molecular flexibility index (Phi) is 1.83. The highest BCUT2D eigenvalue weighted by atomic mass is 32.2. The van der Waals surface area contributed by atoms with E-state index in [-0.39, 0.29) is 4.90 Å². The van der Waals surface area contributed by atoms with Crippen LogP contribution in [-0.2, 0) is 10.0 Å². The molecular weight excluding hydrogens is 202 g/mol. The van der Waals surface area contributed by atoms with E-state index in [1.807, 2.05) is 6.92 Å². The van der Waals surface area contributed by atoms with E-state index in [2.05, 4.69) is 4.98 Å². The number of aromatic nitrogens is 2. The maximum absolute atomic E-state index is 11.1. The number of primary sulfonamides is 1. The summed E-state index contributed by atoms with van der Waals surface area (Å²) in [5, 5.41) is 5.01. The number of imidazole rings is 1. The van der Waals surface area contributed by atoms with Gasteiger partial charge in [0.25, 0.3) is 0 Å². The topological polar surface area (TPSA) is 77.5 Å². The molecule has 0 fully saturated rings. The van der Waals surface area contributed by atoms with Gasteiger partial charge < -0.3 is 4.40 Å². The molecule has 0 saturated carbocycles. The van der Waals surface area contributed by atoms with Gasteiger partial charge in [-0.15, -0.1) is 0 Å². The number of sulfonamides is 1. The predicted octanol–water partition coefficient (Wildman–Crippen LogP) is 0.290. The summed E-state index contributed by atoms with van der Waals surface area (Å²) in [7, 11) is -3.64. The summed E-state index contributed by atoms with van der Waals surface area (Å²) in [6, 6.07) is 3.06. The van der Waals surface area contributed by atoms with Crippen LogP contribution in [0.1, 0.15) is 5.69 Å². The summed E-state index contributed by atoms with van der Waals surface area (Å²) >= 11 is 0. The number of hydrogen-bond acceptors (Lipinski definition) is 3. The van der Waals surface area contributed by atoms with E-state index in [1.165, 1.54) is 12.3 Å². The van der Waals surface area contributed by atoms with Crippen LogP contribution in [0, 0.1) is 6.92 Å². The molecule has 0 aliphatic rings. The summed E-state index contributed by atoms with van der Waals surface area (Å²) in [5.41, 5.74) is 1.57. The standard InChI is InChI=1S/C8H9N3O2S/c1-6-4-10-8-3-2-7(5-11(6)8)14(9,12)13/h2-5H,1H3,(H2,9,12,13). The fourth-order valence-corrected chi connectivity index (χ4v) is 1.76. The second-order valence-corrected chi connectivity index (χ2v) is 4.60. The summed E-state index contributed by atoms with van der Waals surface area (Å²) < 4.78 is 23.8. The summed E-state index contributed by atoms with van der Waals surface area (Å²) in [6.45, 7) is 1.84. The number of nitrogens with zero attached hydrogens (tertiary/aromatic N) is 2. The first-order chi connectivity index (χ1) is 6.48. The molecule has 0 aromatic carbocycles. The summed E-state index contributed by atoms with van der Waals surface area (Å²) in [6.07, 6.45) is 3.13. The van der Waals surface area contributed by atoms with Crippen molar-refractivity contribution in [3.05, 3.63) is 30.2 Å². The zero-order chi connectivity index (χ0) is 10.3. The molecule has 74 valence electrons. The van der Waals surface area contributed by atoms with E-state index in [9.17, 15) is 8.42 Å². The minimum Gasteiger partial charge on any atom is -0.303 e. The van der Waals surface area contributed by atoms with E-state index in [0.29, 0.717) is 5.65 Å². The number of pyridine rings is 1. The zero-order valence-corrected chi connectivity index (χ0v) is 8.32. The Hall–Kier alpha value is -1.40. The molecule has 0 atom stereocenters. The first kappa shape index (κ1) is 9.17. The van der Waals surface area contributed by atoms with E-state index < -0.39 is 10.0 Å². The van der Waals surface area contributed by atoms with E-state index in [4.69, 9.17) is 5.14 Å². The van der Waals surface area contributed by atoms with Gasteiger partial charge in [-0.3, -0.25) is 0 Å². The first-order valence-electron chi connectivity index (χ1n) is 3.95. The Bertz CT molecular complexity index is 586. The van der Waals surface area contributed by atoms with Crippen molar-refractivity contribution in [2.45, 2.75) is 11.8 Å². The third-order valence-corrected chi connectivity index (χ3v) is 2.89. The molecule has 0 saturated heterocycles. The average Bonchev–Trinajstić information content (AvgIpc) is 2.46. The molecule has 2 aromatic heterocycles. The monoisotopic (exact) mass is 211 g/mol. The van der Waals surface area contributed by atoms with Gasteiger partial charge in [0.2, 0.25) is 10.0 Å². The largest absolute Gasteiger partial charge is 0.303 e. The van der Waals surface area contributed by atoms with Crippen LogP contribution >= 0.6 is 0 Å². The van der Waals surface area contributed by atoms with Crippen LogP contribution in [-0.4, -0.2) is 17.8 Å². The van der Waals surface area contributed by atoms with Gasteiger partial charge in [-0.1, -0.05) is 0 Å². The minimum absolute atomic E-state index is 0.0890. The quantitative estimate of drug-likeness (QED) is 0.736. The van der Waals surface area contributed by atoms with Gasteiger partial charge in [0.15, 0.2) is 0 Å². The lowest BCUT2D eigenvalue weighted by Crippen LogP contribution is -2.12. The smallest absolute Gasteiger partial charge is 0.239 e. The van der Waals surface area contributed by atoms with Crippen molar-refractivity contribution in [1.82, 2.24) is 9.38 Å². The Morgan fingerprint density at radius 2 is 2.14 bits per heavy atom. The van der Waals surface area contributed by atoms with Crippen molar-refractivity contribution in [2.24, 2.45) is 5.14 Å². The van der Waals surface area contributed by atoms with Gasteiger partial charge in [-0.2, -0.15) is 0 Å². The lowest BCUT2D eigenvalue weighted by Gasteiger charge is -2.00. The fraction of sp³-hybridized carbons (Fsp3) is 0.125. The number of rotatable bonds is 1. The van der Waals surface area contributed by atoms with Crippen LogP contribution in [0.15, 0.2) is 29.4 Å². The highest BCUT2D eigenvalue weighted by Gasteiger charge is 2.09. The zero-order valence-electron chi connectivity index (χ0n) is 7.51. The lowest BCUT2D eigenvalue weighted by atomic mass is 10.4. The molecule has 2 rings (SSSR count). The number of fused-ring (bicyclic) bond motifs is 1. The summed E-state index contributed by atoms with van der Waals surface area (Å²) in [4.78, 5) is 4.16. The minimum atomic E-state index is -3.64. The van der Waals surface area contributed by atoms with Crippen molar-refractivity contribution in [2.75, 3.05) is 0 Å². The van der Waals surface area contributed by atoms with Gasteiger partial charge in [-0.25, -0.2) is 18.5 Å². The highest BCUT2D eigenvalue weighted by Crippen LogP contribution is 2.11. The molecule has 0 spiro atoms. The Balaban J connectivity index is 2.79. The number of hydrogen-bond donors (Lipinski definition) is 1. The number of nitrogens with two attached hydrogens (primary N) is 1. The predicted molar refractivity (Wildman–Crippen MR) is 51.3 cm³/mol. The van der Waals surface area contributed by atoms with Gasteiger partial charge >= 0.3 is 0 Å². The molecule has 5 nitrogen and oxygen atoms in total. The highest BCUT2D eigenvalue weighted by molar-refractivity contribution is 7.89. The maximum atomic E-state index is 11.1. The molecule has 0 aliphatic heterocycles. The van der Waals surface area contributed by atoms with Crippen LogP contribution in [0.4, 0.5) is 0 Å². The van der Waals surface area contributed by atoms with Crippen LogP contribution in [0.2, 0.25) is 0 Å². The van der Waals surface area contributed by atoms with Crippen LogP contribution in [0.5, 0.6) is 0 Å². The Labute approximate surface area is 81.2 Å². The van der Waals surface area contributed by atoms with Crippen molar-refractivity contribution >= 4 is 15.7 Å². The third-order valence-electron chi connectivity index (χ3n) is 1.99. The van der Waals surface area contributed by atoms with Crippen LogP contribution in [0.25, 0.3) is 5.65 Å². The molecular formula is C8H9N3O2S. The second kappa shape index (κ2) is 2.79. The third kappa shape index (κ3) is 1.38. The van der Waals surface area contributed by atoms with Crippen molar-refractivity contribution < 1.29 is 8.42 Å². The van der Waals surface area contributed by atoms with Gasteiger partial charge in [-0.05, 0) is 19.1 Å². The molecule has 0 aliphatic carbocycles. The van der Waals surface area contributed by atoms with E-state index in [0.717, 1.165) is 5.69 Å². The van der Waals surface area contributed by atoms with E-state index in [1.54, 1.807) is 16.7 Å². The van der Waals surface area contributed by atoms with Crippen molar-refractivity contribution in [3.8, 4) is 0 Å². The molecule has 0 bridgehead atoms. The molecule has 14 heavy (non-hydrogen) atoms. The molecule has 0 unspecified atom stereocenters.